The van der Waals surface area contributed by atoms with Gasteiger partial charge in [0.1, 0.15) is 0 Å². The first-order valence-corrected chi connectivity index (χ1v) is 8.36. The van der Waals surface area contributed by atoms with Crippen LogP contribution in [0.2, 0.25) is 0 Å². The lowest BCUT2D eigenvalue weighted by molar-refractivity contribution is 0.511. The Balaban J connectivity index is 2.11. The van der Waals surface area contributed by atoms with Crippen molar-refractivity contribution in [1.29, 1.82) is 0 Å². The van der Waals surface area contributed by atoms with Crippen molar-refractivity contribution < 1.29 is 4.74 Å². The summed E-state index contributed by atoms with van der Waals surface area (Å²) in [5.74, 6) is 1.96. The van der Waals surface area contributed by atoms with E-state index < -0.39 is 0 Å². The second kappa shape index (κ2) is 6.11. The quantitative estimate of drug-likeness (QED) is 0.762. The van der Waals surface area contributed by atoms with E-state index in [0.717, 1.165) is 27.9 Å². The molecule has 0 spiro atoms. The van der Waals surface area contributed by atoms with Crippen LogP contribution in [0.5, 0.6) is 5.88 Å². The van der Waals surface area contributed by atoms with Gasteiger partial charge in [-0.05, 0) is 24.6 Å². The van der Waals surface area contributed by atoms with Crippen LogP contribution in [0.4, 0.5) is 5.69 Å². The fourth-order valence-electron chi connectivity index (χ4n) is 1.92. The molecule has 0 bridgehead atoms. The van der Waals surface area contributed by atoms with Crippen LogP contribution in [0.25, 0.3) is 11.3 Å². The first-order chi connectivity index (χ1) is 10.2. The number of hydrogen-bond donors (Lipinski definition) is 0. The van der Waals surface area contributed by atoms with Crippen LogP contribution >= 0.6 is 27.7 Å². The van der Waals surface area contributed by atoms with Gasteiger partial charge in [0.25, 0.3) is 5.88 Å². The van der Waals surface area contributed by atoms with E-state index in [0.29, 0.717) is 22.6 Å². The van der Waals surface area contributed by atoms with E-state index in [4.69, 9.17) is 4.74 Å². The van der Waals surface area contributed by atoms with Gasteiger partial charge in [0.15, 0.2) is 11.6 Å². The molecule has 108 valence electrons. The van der Waals surface area contributed by atoms with Crippen molar-refractivity contribution in [3.63, 3.8) is 0 Å². The van der Waals surface area contributed by atoms with Crippen LogP contribution < -0.4 is 4.74 Å². The van der Waals surface area contributed by atoms with Gasteiger partial charge < -0.3 is 4.74 Å². The second-order valence-corrected chi connectivity index (χ2v) is 6.47. The van der Waals surface area contributed by atoms with Crippen molar-refractivity contribution in [2.45, 2.75) is 25.4 Å². The molecule has 0 saturated heterocycles. The Morgan fingerprint density at radius 3 is 2.95 bits per heavy atom. The van der Waals surface area contributed by atoms with E-state index in [9.17, 15) is 0 Å². The molecule has 3 rings (SSSR count). The number of hydrogen-bond acceptors (Lipinski definition) is 6. The van der Waals surface area contributed by atoms with E-state index in [1.807, 2.05) is 25.1 Å². The zero-order valence-corrected chi connectivity index (χ0v) is 14.0. The monoisotopic (exact) mass is 364 g/mol. The zero-order valence-electron chi connectivity index (χ0n) is 11.6. The molecule has 0 N–H and O–H groups in total. The lowest BCUT2D eigenvalue weighted by atomic mass is 10.1. The molecule has 0 unspecified atom stereocenters. The van der Waals surface area contributed by atoms with Crippen molar-refractivity contribution in [3.8, 4) is 17.1 Å². The molecular formula is C14H13BrN4OS. The normalized spacial score (nSPS) is 12.8. The minimum atomic E-state index is 0.460. The van der Waals surface area contributed by atoms with E-state index in [-0.39, 0.29) is 0 Å². The number of aromatic nitrogens is 3. The Kier molecular flexibility index (Phi) is 4.21. The smallest absolute Gasteiger partial charge is 0.251 e. The van der Waals surface area contributed by atoms with E-state index in [1.54, 1.807) is 11.8 Å². The SMILES string of the molecule is CCCSc1nnc2c(n1)OC(C)=Nc1ccc(Br)cc1-2. The molecule has 21 heavy (non-hydrogen) atoms. The maximum absolute atomic E-state index is 5.71. The Labute approximate surface area is 135 Å². The highest BCUT2D eigenvalue weighted by Crippen LogP contribution is 2.38. The third-order valence-corrected chi connectivity index (χ3v) is 4.34. The molecule has 1 aromatic heterocycles. The van der Waals surface area contributed by atoms with Gasteiger partial charge in [0, 0.05) is 22.7 Å². The molecule has 1 aliphatic heterocycles. The summed E-state index contributed by atoms with van der Waals surface area (Å²) in [4.78, 5) is 8.91. The van der Waals surface area contributed by atoms with Gasteiger partial charge in [0.2, 0.25) is 5.16 Å². The van der Waals surface area contributed by atoms with Gasteiger partial charge in [-0.3, -0.25) is 0 Å². The number of fused-ring (bicyclic) bond motifs is 3. The van der Waals surface area contributed by atoms with Crippen molar-refractivity contribution in [1.82, 2.24) is 15.2 Å². The van der Waals surface area contributed by atoms with Crippen molar-refractivity contribution in [3.05, 3.63) is 22.7 Å². The van der Waals surface area contributed by atoms with Crippen LogP contribution in [0.1, 0.15) is 20.3 Å². The van der Waals surface area contributed by atoms with Gasteiger partial charge in [-0.25, -0.2) is 4.99 Å². The highest BCUT2D eigenvalue weighted by molar-refractivity contribution is 9.10. The zero-order chi connectivity index (χ0) is 14.8. The summed E-state index contributed by atoms with van der Waals surface area (Å²) in [5.41, 5.74) is 2.29. The lowest BCUT2D eigenvalue weighted by Gasteiger charge is -2.07. The molecule has 7 heteroatoms. The third kappa shape index (κ3) is 3.08. The number of thioether (sulfide) groups is 1. The number of rotatable bonds is 3. The molecule has 1 aliphatic rings. The van der Waals surface area contributed by atoms with Gasteiger partial charge in [0.05, 0.1) is 5.69 Å². The summed E-state index contributed by atoms with van der Waals surface area (Å²) < 4.78 is 6.66. The van der Waals surface area contributed by atoms with Gasteiger partial charge in [-0.2, -0.15) is 4.98 Å². The third-order valence-electron chi connectivity index (χ3n) is 2.81. The Morgan fingerprint density at radius 1 is 1.29 bits per heavy atom. The molecule has 2 heterocycles. The predicted octanol–water partition coefficient (Wildman–Crippen LogP) is 4.25. The number of benzene rings is 1. The van der Waals surface area contributed by atoms with Crippen LogP contribution in [-0.4, -0.2) is 26.8 Å². The standard InChI is InChI=1S/C14H13BrN4OS/c1-3-6-21-14-17-13-12(18-19-14)10-7-9(15)4-5-11(10)16-8(2)20-13/h4-5,7H,3,6H2,1-2H3. The summed E-state index contributed by atoms with van der Waals surface area (Å²) in [7, 11) is 0. The van der Waals surface area contributed by atoms with E-state index in [2.05, 4.69) is 43.0 Å². The number of aliphatic imine (C=N–C) groups is 1. The first-order valence-electron chi connectivity index (χ1n) is 6.58. The maximum atomic E-state index is 5.71. The summed E-state index contributed by atoms with van der Waals surface area (Å²) in [5, 5.41) is 9.10. The fourth-order valence-corrected chi connectivity index (χ4v) is 2.91. The van der Waals surface area contributed by atoms with Crippen LogP contribution in [0.3, 0.4) is 0 Å². The summed E-state index contributed by atoms with van der Waals surface area (Å²) in [6.45, 7) is 3.92. The molecular weight excluding hydrogens is 352 g/mol. The average molecular weight is 365 g/mol. The highest BCUT2D eigenvalue weighted by Gasteiger charge is 2.20. The summed E-state index contributed by atoms with van der Waals surface area (Å²) in [6, 6.07) is 5.81. The van der Waals surface area contributed by atoms with Crippen LogP contribution in [0, 0.1) is 0 Å². The Hall–Kier alpha value is -1.47. The van der Waals surface area contributed by atoms with Crippen molar-refractivity contribution >= 4 is 39.3 Å². The Morgan fingerprint density at radius 2 is 2.14 bits per heavy atom. The molecule has 5 nitrogen and oxygen atoms in total. The van der Waals surface area contributed by atoms with Gasteiger partial charge in [-0.1, -0.05) is 34.6 Å². The average Bonchev–Trinajstić information content (AvgIpc) is 2.60. The van der Waals surface area contributed by atoms with Crippen molar-refractivity contribution in [2.75, 3.05) is 5.75 Å². The number of nitrogens with zero attached hydrogens (tertiary/aromatic N) is 4. The molecule has 0 radical (unpaired) electrons. The largest absolute Gasteiger partial charge is 0.422 e. The second-order valence-electron chi connectivity index (χ2n) is 4.49. The molecule has 1 aromatic carbocycles. The molecule has 0 saturated carbocycles. The first kappa shape index (κ1) is 14.5. The number of halogens is 1. The minimum absolute atomic E-state index is 0.460. The minimum Gasteiger partial charge on any atom is -0.422 e. The van der Waals surface area contributed by atoms with Crippen molar-refractivity contribution in [2.24, 2.45) is 4.99 Å². The predicted molar refractivity (Wildman–Crippen MR) is 87.4 cm³/mol. The summed E-state index contributed by atoms with van der Waals surface area (Å²) in [6.07, 6.45) is 1.06. The maximum Gasteiger partial charge on any atom is 0.251 e. The molecule has 0 amide bonds. The highest BCUT2D eigenvalue weighted by atomic mass is 79.9. The molecule has 2 aromatic rings. The lowest BCUT2D eigenvalue weighted by Crippen LogP contribution is -2.06. The Bertz CT molecular complexity index is 720. The number of ether oxygens (including phenoxy) is 1. The van der Waals surface area contributed by atoms with Crippen LogP contribution in [0.15, 0.2) is 32.8 Å². The van der Waals surface area contributed by atoms with Crippen LogP contribution in [-0.2, 0) is 0 Å². The van der Waals surface area contributed by atoms with E-state index >= 15 is 0 Å². The topological polar surface area (TPSA) is 60.3 Å². The molecule has 0 atom stereocenters. The fraction of sp³-hybridized carbons (Fsp3) is 0.286. The molecule has 0 aliphatic carbocycles. The summed E-state index contributed by atoms with van der Waals surface area (Å²) >= 11 is 5.04. The van der Waals surface area contributed by atoms with Gasteiger partial charge >= 0.3 is 0 Å². The molecule has 0 fully saturated rings. The van der Waals surface area contributed by atoms with Gasteiger partial charge in [-0.15, -0.1) is 10.2 Å². The van der Waals surface area contributed by atoms with E-state index in [1.165, 1.54) is 0 Å².